The Labute approximate surface area is 136 Å². The molecule has 20 heavy (non-hydrogen) atoms. The van der Waals surface area contributed by atoms with Gasteiger partial charge in [-0.3, -0.25) is 9.59 Å². The number of nitrogens with one attached hydrogen (secondary N) is 1. The zero-order valence-corrected chi connectivity index (χ0v) is 14.9. The van der Waals surface area contributed by atoms with E-state index in [1.54, 1.807) is 12.1 Å². The summed E-state index contributed by atoms with van der Waals surface area (Å²) in [5, 5.41) is 2.79. The predicted octanol–water partition coefficient (Wildman–Crippen LogP) is 3.20. The van der Waals surface area contributed by atoms with Crippen LogP contribution in [0.15, 0.2) is 27.1 Å². The molecule has 0 spiro atoms. The van der Waals surface area contributed by atoms with E-state index in [1.807, 2.05) is 26.8 Å². The summed E-state index contributed by atoms with van der Waals surface area (Å²) in [4.78, 5) is 25.7. The lowest BCUT2D eigenvalue weighted by Crippen LogP contribution is -2.42. The number of halogens is 2. The third-order valence-corrected chi connectivity index (χ3v) is 3.76. The predicted molar refractivity (Wildman–Crippen MR) is 86.7 cm³/mol. The number of carbonyl (C=O) groups is 2. The van der Waals surface area contributed by atoms with Crippen molar-refractivity contribution in [1.29, 1.82) is 0 Å². The Morgan fingerprint density at radius 3 is 2.45 bits per heavy atom. The van der Waals surface area contributed by atoms with Crippen molar-refractivity contribution in [3.63, 3.8) is 0 Å². The summed E-state index contributed by atoms with van der Waals surface area (Å²) < 4.78 is 1.60. The monoisotopic (exact) mass is 404 g/mol. The molecular weight excluding hydrogens is 388 g/mol. The van der Waals surface area contributed by atoms with E-state index in [4.69, 9.17) is 0 Å². The van der Waals surface area contributed by atoms with Crippen LogP contribution in [0.4, 0.5) is 0 Å². The molecule has 1 rings (SSSR count). The summed E-state index contributed by atoms with van der Waals surface area (Å²) in [6.07, 6.45) is 0. The average molecular weight is 406 g/mol. The molecule has 1 aromatic carbocycles. The largest absolute Gasteiger partial charge is 0.352 e. The van der Waals surface area contributed by atoms with Gasteiger partial charge >= 0.3 is 0 Å². The quantitative estimate of drug-likeness (QED) is 0.817. The van der Waals surface area contributed by atoms with Crippen molar-refractivity contribution in [1.82, 2.24) is 10.2 Å². The fourth-order valence-electron chi connectivity index (χ4n) is 1.70. The minimum absolute atomic E-state index is 0.0655. The van der Waals surface area contributed by atoms with E-state index >= 15 is 0 Å². The zero-order chi connectivity index (χ0) is 15.3. The van der Waals surface area contributed by atoms with Gasteiger partial charge in [0.25, 0.3) is 5.91 Å². The van der Waals surface area contributed by atoms with E-state index in [9.17, 15) is 9.59 Å². The number of carbonyl (C=O) groups excluding carboxylic acids is 2. The second kappa shape index (κ2) is 7.78. The summed E-state index contributed by atoms with van der Waals surface area (Å²) in [6, 6.07) is 5.42. The van der Waals surface area contributed by atoms with Gasteiger partial charge in [-0.15, -0.1) is 0 Å². The molecule has 0 saturated carbocycles. The third-order valence-electron chi connectivity index (χ3n) is 2.61. The minimum atomic E-state index is -0.161. The molecule has 0 aliphatic rings. The van der Waals surface area contributed by atoms with Crippen molar-refractivity contribution in [2.24, 2.45) is 0 Å². The zero-order valence-electron chi connectivity index (χ0n) is 11.7. The van der Waals surface area contributed by atoms with Crippen LogP contribution in [-0.2, 0) is 4.79 Å². The van der Waals surface area contributed by atoms with Crippen molar-refractivity contribution >= 4 is 43.7 Å². The molecule has 0 unspecified atom stereocenters. The number of benzene rings is 1. The number of likely N-dealkylation sites (N-methyl/N-ethyl adjacent to an activating group) is 1. The maximum Gasteiger partial charge on any atom is 0.255 e. The number of hydrogen-bond acceptors (Lipinski definition) is 2. The van der Waals surface area contributed by atoms with Crippen LogP contribution in [0, 0.1) is 0 Å². The first-order valence-corrected chi connectivity index (χ1v) is 7.97. The fourth-order valence-corrected chi connectivity index (χ4v) is 2.92. The molecule has 110 valence electrons. The SMILES string of the molecule is CCN(CC(=O)NC(C)C)C(=O)c1ccc(Br)cc1Br. The van der Waals surface area contributed by atoms with Crippen molar-refractivity contribution in [2.45, 2.75) is 26.8 Å². The Balaban J connectivity index is 2.84. The molecule has 0 atom stereocenters. The summed E-state index contributed by atoms with van der Waals surface area (Å²) >= 11 is 6.72. The molecule has 4 nitrogen and oxygen atoms in total. The maximum absolute atomic E-state index is 12.4. The lowest BCUT2D eigenvalue weighted by atomic mass is 10.2. The summed E-state index contributed by atoms with van der Waals surface area (Å²) in [7, 11) is 0. The molecule has 1 N–H and O–H groups in total. The standard InChI is InChI=1S/C14H18Br2N2O2/c1-4-18(8-13(19)17-9(2)3)14(20)11-6-5-10(15)7-12(11)16/h5-7,9H,4,8H2,1-3H3,(H,17,19). The van der Waals surface area contributed by atoms with Gasteiger partial charge in [0.15, 0.2) is 0 Å². The lowest BCUT2D eigenvalue weighted by Gasteiger charge is -2.21. The van der Waals surface area contributed by atoms with Gasteiger partial charge in [-0.2, -0.15) is 0 Å². The van der Waals surface area contributed by atoms with Crippen LogP contribution in [0.2, 0.25) is 0 Å². The van der Waals surface area contributed by atoms with E-state index in [1.165, 1.54) is 4.90 Å². The smallest absolute Gasteiger partial charge is 0.255 e. The molecule has 0 aromatic heterocycles. The van der Waals surface area contributed by atoms with Crippen molar-refractivity contribution in [3.05, 3.63) is 32.7 Å². The first kappa shape index (κ1) is 17.2. The highest BCUT2D eigenvalue weighted by atomic mass is 79.9. The number of rotatable bonds is 5. The Bertz CT molecular complexity index is 504. The highest BCUT2D eigenvalue weighted by molar-refractivity contribution is 9.11. The minimum Gasteiger partial charge on any atom is -0.352 e. The molecule has 0 heterocycles. The van der Waals surface area contributed by atoms with Gasteiger partial charge in [-0.1, -0.05) is 15.9 Å². The molecule has 1 aromatic rings. The molecule has 0 bridgehead atoms. The van der Waals surface area contributed by atoms with E-state index in [-0.39, 0.29) is 24.4 Å². The normalized spacial score (nSPS) is 10.5. The van der Waals surface area contributed by atoms with Crippen molar-refractivity contribution in [2.75, 3.05) is 13.1 Å². The molecule has 0 aliphatic heterocycles. The van der Waals surface area contributed by atoms with Crippen LogP contribution >= 0.6 is 31.9 Å². The molecule has 0 aliphatic carbocycles. The topological polar surface area (TPSA) is 49.4 Å². The summed E-state index contributed by atoms with van der Waals surface area (Å²) in [5.74, 6) is -0.311. The van der Waals surface area contributed by atoms with Crippen molar-refractivity contribution in [3.8, 4) is 0 Å². The van der Waals surface area contributed by atoms with Crippen molar-refractivity contribution < 1.29 is 9.59 Å². The molecule has 2 amide bonds. The van der Waals surface area contributed by atoms with Crippen LogP contribution in [0.5, 0.6) is 0 Å². The Morgan fingerprint density at radius 1 is 1.30 bits per heavy atom. The number of hydrogen-bond donors (Lipinski definition) is 1. The average Bonchev–Trinajstić information content (AvgIpc) is 2.34. The van der Waals surface area contributed by atoms with Gasteiger partial charge in [0.05, 0.1) is 12.1 Å². The third kappa shape index (κ3) is 4.90. The molecular formula is C14H18Br2N2O2. The van der Waals surface area contributed by atoms with E-state index < -0.39 is 0 Å². The first-order valence-electron chi connectivity index (χ1n) is 6.38. The maximum atomic E-state index is 12.4. The van der Waals surface area contributed by atoms with Gasteiger partial charge in [0.2, 0.25) is 5.91 Å². The summed E-state index contributed by atoms with van der Waals surface area (Å²) in [6.45, 7) is 6.18. The fraction of sp³-hybridized carbons (Fsp3) is 0.429. The van der Waals surface area contributed by atoms with E-state index in [0.717, 1.165) is 4.47 Å². The lowest BCUT2D eigenvalue weighted by molar-refractivity contribution is -0.122. The van der Waals surface area contributed by atoms with Crippen LogP contribution in [-0.4, -0.2) is 35.8 Å². The Kier molecular flexibility index (Phi) is 6.68. The highest BCUT2D eigenvalue weighted by Crippen LogP contribution is 2.23. The van der Waals surface area contributed by atoms with Crippen LogP contribution in [0.25, 0.3) is 0 Å². The van der Waals surface area contributed by atoms with Crippen LogP contribution in [0.1, 0.15) is 31.1 Å². The summed E-state index contributed by atoms with van der Waals surface area (Å²) in [5.41, 5.74) is 0.549. The molecule has 6 heteroatoms. The second-order valence-electron chi connectivity index (χ2n) is 4.67. The molecule has 0 fully saturated rings. The van der Waals surface area contributed by atoms with Gasteiger partial charge in [-0.25, -0.2) is 0 Å². The molecule has 0 radical (unpaired) electrons. The van der Waals surface area contributed by atoms with Gasteiger partial charge in [0.1, 0.15) is 0 Å². The van der Waals surface area contributed by atoms with Crippen LogP contribution in [0.3, 0.4) is 0 Å². The second-order valence-corrected chi connectivity index (χ2v) is 6.44. The van der Waals surface area contributed by atoms with Crippen LogP contribution < -0.4 is 5.32 Å². The number of amides is 2. The van der Waals surface area contributed by atoms with E-state index in [2.05, 4.69) is 37.2 Å². The first-order chi connectivity index (χ1) is 9.35. The van der Waals surface area contributed by atoms with E-state index in [0.29, 0.717) is 16.6 Å². The highest BCUT2D eigenvalue weighted by Gasteiger charge is 2.19. The van der Waals surface area contributed by atoms with Gasteiger partial charge in [0, 0.05) is 21.5 Å². The Hall–Kier alpha value is -0.880. The molecule has 0 saturated heterocycles. The number of nitrogens with zero attached hydrogens (tertiary/aromatic N) is 1. The Morgan fingerprint density at radius 2 is 1.95 bits per heavy atom. The van der Waals surface area contributed by atoms with Gasteiger partial charge < -0.3 is 10.2 Å². The van der Waals surface area contributed by atoms with Gasteiger partial charge in [-0.05, 0) is 54.9 Å².